The van der Waals surface area contributed by atoms with Crippen molar-refractivity contribution in [2.45, 2.75) is 25.2 Å². The Bertz CT molecular complexity index is 3420. The molecule has 0 aromatic heterocycles. The first-order valence-electron chi connectivity index (χ1n) is 23.6. The fourth-order valence-corrected chi connectivity index (χ4v) is 9.93. The lowest BCUT2D eigenvalue weighted by Gasteiger charge is -2.26. The molecule has 0 saturated carbocycles. The van der Waals surface area contributed by atoms with E-state index in [1.165, 1.54) is 82.7 Å². The van der Waals surface area contributed by atoms with Crippen LogP contribution in [0.3, 0.4) is 0 Å². The van der Waals surface area contributed by atoms with Crippen LogP contribution in [0.15, 0.2) is 267 Å². The summed E-state index contributed by atoms with van der Waals surface area (Å²) in [6.45, 7) is 0. The van der Waals surface area contributed by atoms with Crippen molar-refractivity contribution in [2.75, 3.05) is 4.90 Å². The molecule has 0 bridgehead atoms. The average molecular weight is 858 g/mol. The van der Waals surface area contributed by atoms with Gasteiger partial charge in [-0.1, -0.05) is 224 Å². The van der Waals surface area contributed by atoms with E-state index in [9.17, 15) is 0 Å². The number of hydrogen-bond acceptors (Lipinski definition) is 1. The van der Waals surface area contributed by atoms with Crippen LogP contribution in [0.5, 0.6) is 0 Å². The van der Waals surface area contributed by atoms with Crippen LogP contribution in [0, 0.1) is 0 Å². The van der Waals surface area contributed by atoms with E-state index in [4.69, 9.17) is 0 Å². The highest BCUT2D eigenvalue weighted by atomic mass is 15.1. The van der Waals surface area contributed by atoms with E-state index in [0.717, 1.165) is 36.3 Å². The molecule has 1 atom stereocenters. The highest BCUT2D eigenvalue weighted by Gasteiger charge is 2.18. The minimum atomic E-state index is 0.351. The van der Waals surface area contributed by atoms with Crippen LogP contribution in [-0.2, 0) is 12.8 Å². The first-order valence-corrected chi connectivity index (χ1v) is 23.6. The molecule has 1 heteroatoms. The number of benzene rings is 11. The van der Waals surface area contributed by atoms with Gasteiger partial charge in [0.2, 0.25) is 0 Å². The van der Waals surface area contributed by atoms with Crippen molar-refractivity contribution in [2.24, 2.45) is 0 Å². The van der Waals surface area contributed by atoms with Gasteiger partial charge in [0.05, 0.1) is 0 Å². The normalized spacial score (nSPS) is 11.7. The largest absolute Gasteiger partial charge is 0.310 e. The average Bonchev–Trinajstić information content (AvgIpc) is 3.41. The number of anilines is 3. The van der Waals surface area contributed by atoms with Crippen molar-refractivity contribution < 1.29 is 0 Å². The molecule has 11 aromatic carbocycles. The monoisotopic (exact) mass is 857 g/mol. The van der Waals surface area contributed by atoms with Crippen LogP contribution in [0.25, 0.3) is 66.1 Å². The van der Waals surface area contributed by atoms with E-state index < -0.39 is 0 Å². The zero-order chi connectivity index (χ0) is 44.8. The van der Waals surface area contributed by atoms with Gasteiger partial charge in [-0.15, -0.1) is 0 Å². The molecule has 0 saturated heterocycles. The Kier molecular flexibility index (Phi) is 11.8. The molecular formula is C66H51N. The zero-order valence-electron chi connectivity index (χ0n) is 37.5. The summed E-state index contributed by atoms with van der Waals surface area (Å²) in [5.41, 5.74) is 17.3. The number of aryl methyl sites for hydroxylation is 1. The van der Waals surface area contributed by atoms with Gasteiger partial charge in [-0.3, -0.25) is 0 Å². The van der Waals surface area contributed by atoms with Crippen LogP contribution in [0.1, 0.15) is 29.0 Å². The van der Waals surface area contributed by atoms with Gasteiger partial charge in [0.25, 0.3) is 0 Å². The van der Waals surface area contributed by atoms with Crippen LogP contribution in [0.4, 0.5) is 17.1 Å². The Labute approximate surface area is 394 Å². The smallest absolute Gasteiger partial charge is 0.0468 e. The topological polar surface area (TPSA) is 3.24 Å². The Hall–Kier alpha value is -8.26. The third-order valence-corrected chi connectivity index (χ3v) is 13.4. The van der Waals surface area contributed by atoms with E-state index in [0.29, 0.717) is 5.92 Å². The first-order chi connectivity index (χ1) is 33.2. The van der Waals surface area contributed by atoms with Crippen molar-refractivity contribution in [3.63, 3.8) is 0 Å². The minimum absolute atomic E-state index is 0.351. The summed E-state index contributed by atoms with van der Waals surface area (Å²) in [5.74, 6) is 0.351. The Morgan fingerprint density at radius 3 is 1.57 bits per heavy atom. The van der Waals surface area contributed by atoms with Crippen LogP contribution >= 0.6 is 0 Å². The number of fused-ring (bicyclic) bond motifs is 2. The van der Waals surface area contributed by atoms with Gasteiger partial charge >= 0.3 is 0 Å². The van der Waals surface area contributed by atoms with Gasteiger partial charge in [0.15, 0.2) is 0 Å². The van der Waals surface area contributed by atoms with Crippen molar-refractivity contribution in [1.82, 2.24) is 0 Å². The predicted molar refractivity (Wildman–Crippen MR) is 286 cm³/mol. The molecule has 0 heterocycles. The molecule has 0 N–H and O–H groups in total. The quantitative estimate of drug-likeness (QED) is 0.112. The lowest BCUT2D eigenvalue weighted by molar-refractivity contribution is 0.621. The maximum absolute atomic E-state index is 2.47. The highest BCUT2D eigenvalue weighted by molar-refractivity contribution is 6.06. The van der Waals surface area contributed by atoms with Gasteiger partial charge in [-0.05, 0) is 150 Å². The highest BCUT2D eigenvalue weighted by Crippen LogP contribution is 2.41. The van der Waals surface area contributed by atoms with Gasteiger partial charge in [-0.25, -0.2) is 0 Å². The molecule has 0 spiro atoms. The second kappa shape index (κ2) is 19.1. The van der Waals surface area contributed by atoms with Crippen molar-refractivity contribution in [3.05, 3.63) is 284 Å². The van der Waals surface area contributed by atoms with Crippen molar-refractivity contribution >= 4 is 38.6 Å². The standard InChI is InChI=1S/C66H51N/c1-4-17-48(18-5-1)35-40-58(43-49-36-38-52(39-37-49)50-19-6-2-7-20-50)55-26-13-29-60(45-55)65-34-16-24-53-23-15-33-64(66(53)65)59-28-12-25-54(44-59)57-27-14-32-62(47-57)67(61-30-8-3-9-31-61)63-42-41-51-21-10-11-22-56(51)46-63/h1-34,36-39,41-42,44-47,58H,35,40,43H2. The van der Waals surface area contributed by atoms with Crippen LogP contribution in [-0.4, -0.2) is 0 Å². The summed E-state index contributed by atoms with van der Waals surface area (Å²) in [7, 11) is 0. The molecule has 0 radical (unpaired) electrons. The van der Waals surface area contributed by atoms with E-state index in [1.807, 2.05) is 0 Å². The Balaban J connectivity index is 0.941. The molecule has 0 aliphatic heterocycles. The van der Waals surface area contributed by atoms with Crippen LogP contribution < -0.4 is 4.90 Å². The molecule has 67 heavy (non-hydrogen) atoms. The molecule has 1 unspecified atom stereocenters. The summed E-state index contributed by atoms with van der Waals surface area (Å²) >= 11 is 0. The van der Waals surface area contributed by atoms with Gasteiger partial charge in [-0.2, -0.15) is 0 Å². The summed E-state index contributed by atoms with van der Waals surface area (Å²) in [4.78, 5) is 2.36. The van der Waals surface area contributed by atoms with Gasteiger partial charge in [0, 0.05) is 17.1 Å². The molecule has 1 nitrogen and oxygen atoms in total. The van der Waals surface area contributed by atoms with E-state index in [1.54, 1.807) is 0 Å². The second-order valence-corrected chi connectivity index (χ2v) is 17.7. The molecule has 0 aliphatic carbocycles. The summed E-state index contributed by atoms with van der Waals surface area (Å²) in [6, 6.07) is 97.8. The molecule has 320 valence electrons. The zero-order valence-corrected chi connectivity index (χ0v) is 37.5. The third-order valence-electron chi connectivity index (χ3n) is 13.4. The number of hydrogen-bond donors (Lipinski definition) is 0. The lowest BCUT2D eigenvalue weighted by Crippen LogP contribution is -2.09. The molecule has 11 aromatic rings. The van der Waals surface area contributed by atoms with E-state index in [-0.39, 0.29) is 0 Å². The fourth-order valence-electron chi connectivity index (χ4n) is 9.93. The molecular weight excluding hydrogens is 807 g/mol. The second-order valence-electron chi connectivity index (χ2n) is 17.7. The van der Waals surface area contributed by atoms with Crippen molar-refractivity contribution in [1.29, 1.82) is 0 Å². The minimum Gasteiger partial charge on any atom is -0.310 e. The fraction of sp³-hybridized carbons (Fsp3) is 0.0606. The lowest BCUT2D eigenvalue weighted by atomic mass is 9.84. The van der Waals surface area contributed by atoms with E-state index >= 15 is 0 Å². The third kappa shape index (κ3) is 9.06. The molecule has 0 aliphatic rings. The van der Waals surface area contributed by atoms with Crippen molar-refractivity contribution in [3.8, 4) is 44.5 Å². The predicted octanol–water partition coefficient (Wildman–Crippen LogP) is 18.1. The van der Waals surface area contributed by atoms with Gasteiger partial charge in [0.1, 0.15) is 0 Å². The number of para-hydroxylation sites is 1. The molecule has 0 fully saturated rings. The Morgan fingerprint density at radius 1 is 0.299 bits per heavy atom. The number of rotatable bonds is 13. The van der Waals surface area contributed by atoms with Gasteiger partial charge < -0.3 is 4.90 Å². The summed E-state index contributed by atoms with van der Waals surface area (Å²) in [6.07, 6.45) is 3.07. The maximum Gasteiger partial charge on any atom is 0.0468 e. The SMILES string of the molecule is c1ccc(CCC(Cc2ccc(-c3ccccc3)cc2)c2cccc(-c3cccc4cccc(-c5cccc(-c6cccc(N(c7ccccc7)c7ccc8ccccc8c7)c6)c5)c34)c2)cc1. The summed E-state index contributed by atoms with van der Waals surface area (Å²) < 4.78 is 0. The molecule has 11 rings (SSSR count). The molecule has 0 amide bonds. The maximum atomic E-state index is 2.47. The Morgan fingerprint density at radius 2 is 0.821 bits per heavy atom. The van der Waals surface area contributed by atoms with Crippen LogP contribution in [0.2, 0.25) is 0 Å². The first kappa shape index (κ1) is 41.4. The summed E-state index contributed by atoms with van der Waals surface area (Å²) in [5, 5.41) is 4.97. The van der Waals surface area contributed by atoms with E-state index in [2.05, 4.69) is 272 Å². The number of nitrogens with zero attached hydrogens (tertiary/aromatic N) is 1.